The third kappa shape index (κ3) is 3.33. The number of aromatic nitrogens is 1. The van der Waals surface area contributed by atoms with Crippen LogP contribution in [0.25, 0.3) is 0 Å². The summed E-state index contributed by atoms with van der Waals surface area (Å²) in [7, 11) is 0. The Morgan fingerprint density at radius 3 is 2.62 bits per heavy atom. The molecule has 0 spiro atoms. The number of carbonyl (C=O) groups is 2. The van der Waals surface area contributed by atoms with Crippen LogP contribution in [-0.2, 0) is 11.3 Å². The molecule has 0 aliphatic carbocycles. The Labute approximate surface area is 140 Å². The summed E-state index contributed by atoms with van der Waals surface area (Å²) in [6.45, 7) is 1.35. The van der Waals surface area contributed by atoms with Crippen molar-refractivity contribution >= 4 is 11.7 Å². The van der Waals surface area contributed by atoms with Crippen molar-refractivity contribution in [2.45, 2.75) is 25.3 Å². The molecule has 24 heavy (non-hydrogen) atoms. The second-order valence-electron chi connectivity index (χ2n) is 5.80. The smallest absolute Gasteiger partial charge is 0.222 e. The van der Waals surface area contributed by atoms with Gasteiger partial charge < -0.3 is 4.90 Å². The third-order valence-electron chi connectivity index (χ3n) is 4.16. The number of Topliss-reactive ketones (excluding diaryl/α,β-unsaturated/α-hetero) is 1. The standard InChI is InChI=1S/C19H17N3O2/c20-12-16(17-4-1-2-10-21-17)19(24)15-8-6-14(7-9-15)13-22-11-3-5-18(22)23/h1-2,4,6-10,16H,3,5,11,13H2/t16-/m1/s1. The van der Waals surface area contributed by atoms with Crippen LogP contribution in [0.1, 0.15) is 40.4 Å². The van der Waals surface area contributed by atoms with Gasteiger partial charge in [0.05, 0.1) is 11.8 Å². The molecule has 0 bridgehead atoms. The maximum absolute atomic E-state index is 12.6. The van der Waals surface area contributed by atoms with Gasteiger partial charge in [0.2, 0.25) is 5.91 Å². The highest BCUT2D eigenvalue weighted by Crippen LogP contribution is 2.20. The van der Waals surface area contributed by atoms with Crippen molar-refractivity contribution in [1.29, 1.82) is 5.26 Å². The number of amides is 1. The van der Waals surface area contributed by atoms with E-state index in [1.165, 1.54) is 0 Å². The van der Waals surface area contributed by atoms with E-state index in [-0.39, 0.29) is 11.7 Å². The van der Waals surface area contributed by atoms with E-state index in [4.69, 9.17) is 0 Å². The van der Waals surface area contributed by atoms with Gasteiger partial charge in [-0.3, -0.25) is 14.6 Å². The number of benzene rings is 1. The van der Waals surface area contributed by atoms with Crippen molar-refractivity contribution < 1.29 is 9.59 Å². The molecule has 2 heterocycles. The fourth-order valence-electron chi connectivity index (χ4n) is 2.84. The Bertz CT molecular complexity index is 779. The first kappa shape index (κ1) is 15.9. The fourth-order valence-corrected chi connectivity index (χ4v) is 2.84. The van der Waals surface area contributed by atoms with Crippen LogP contribution >= 0.6 is 0 Å². The summed E-state index contributed by atoms with van der Waals surface area (Å²) in [5, 5.41) is 9.33. The summed E-state index contributed by atoms with van der Waals surface area (Å²) < 4.78 is 0. The second kappa shape index (κ2) is 7.05. The number of hydrogen-bond acceptors (Lipinski definition) is 4. The molecule has 1 amide bonds. The molecule has 120 valence electrons. The third-order valence-corrected chi connectivity index (χ3v) is 4.16. The van der Waals surface area contributed by atoms with E-state index in [1.807, 2.05) is 23.1 Å². The van der Waals surface area contributed by atoms with E-state index in [1.54, 1.807) is 36.5 Å². The van der Waals surface area contributed by atoms with Crippen LogP contribution in [0.2, 0.25) is 0 Å². The number of rotatable bonds is 5. The summed E-state index contributed by atoms with van der Waals surface area (Å²) >= 11 is 0. The molecule has 5 nitrogen and oxygen atoms in total. The highest BCUT2D eigenvalue weighted by atomic mass is 16.2. The molecule has 3 rings (SSSR count). The van der Waals surface area contributed by atoms with Crippen LogP contribution in [0.15, 0.2) is 48.7 Å². The molecule has 1 aliphatic heterocycles. The van der Waals surface area contributed by atoms with Crippen molar-refractivity contribution in [3.05, 3.63) is 65.5 Å². The Morgan fingerprint density at radius 2 is 2.04 bits per heavy atom. The highest BCUT2D eigenvalue weighted by molar-refractivity contribution is 6.02. The van der Waals surface area contributed by atoms with Gasteiger partial charge >= 0.3 is 0 Å². The summed E-state index contributed by atoms with van der Waals surface area (Å²) in [5.41, 5.74) is 1.91. The van der Waals surface area contributed by atoms with E-state index >= 15 is 0 Å². The normalized spacial score (nSPS) is 15.1. The lowest BCUT2D eigenvalue weighted by atomic mass is 9.95. The molecule has 1 aromatic carbocycles. The maximum Gasteiger partial charge on any atom is 0.222 e. The molecule has 1 atom stereocenters. The van der Waals surface area contributed by atoms with Crippen LogP contribution in [0, 0.1) is 11.3 Å². The molecule has 2 aromatic rings. The summed E-state index contributed by atoms with van der Waals surface area (Å²) in [6.07, 6.45) is 3.09. The minimum Gasteiger partial charge on any atom is -0.338 e. The molecule has 1 fully saturated rings. The lowest BCUT2D eigenvalue weighted by molar-refractivity contribution is -0.128. The van der Waals surface area contributed by atoms with Crippen LogP contribution in [0.3, 0.4) is 0 Å². The SMILES string of the molecule is N#C[C@@H](C(=O)c1ccc(CN2CCCC2=O)cc1)c1ccccn1. The topological polar surface area (TPSA) is 74.1 Å². The van der Waals surface area contributed by atoms with Crippen molar-refractivity contribution in [3.63, 3.8) is 0 Å². The Balaban J connectivity index is 1.74. The number of nitrogens with zero attached hydrogens (tertiary/aromatic N) is 3. The van der Waals surface area contributed by atoms with Gasteiger partial charge in [-0.25, -0.2) is 0 Å². The number of likely N-dealkylation sites (tertiary alicyclic amines) is 1. The first-order valence-electron chi connectivity index (χ1n) is 7.90. The number of ketones is 1. The van der Waals surface area contributed by atoms with Gasteiger partial charge in [-0.1, -0.05) is 30.3 Å². The molecule has 1 saturated heterocycles. The van der Waals surface area contributed by atoms with Gasteiger partial charge in [0.25, 0.3) is 0 Å². The van der Waals surface area contributed by atoms with E-state index in [2.05, 4.69) is 4.98 Å². The quantitative estimate of drug-likeness (QED) is 0.794. The number of hydrogen-bond donors (Lipinski definition) is 0. The summed E-state index contributed by atoms with van der Waals surface area (Å²) in [4.78, 5) is 30.2. The predicted octanol–water partition coefficient (Wildman–Crippen LogP) is 2.69. The van der Waals surface area contributed by atoms with Crippen LogP contribution in [-0.4, -0.2) is 28.1 Å². The van der Waals surface area contributed by atoms with Gasteiger partial charge in [-0.15, -0.1) is 0 Å². The van der Waals surface area contributed by atoms with Gasteiger partial charge in [0, 0.05) is 31.3 Å². The van der Waals surface area contributed by atoms with Crippen molar-refractivity contribution in [3.8, 4) is 6.07 Å². The first-order valence-corrected chi connectivity index (χ1v) is 7.90. The number of nitriles is 1. The highest BCUT2D eigenvalue weighted by Gasteiger charge is 2.23. The molecule has 1 aliphatic rings. The fraction of sp³-hybridized carbons (Fsp3) is 0.263. The minimum atomic E-state index is -0.905. The molecular formula is C19H17N3O2. The molecule has 0 unspecified atom stereocenters. The average molecular weight is 319 g/mol. The first-order chi connectivity index (χ1) is 11.7. The number of carbonyl (C=O) groups excluding carboxylic acids is 2. The summed E-state index contributed by atoms with van der Waals surface area (Å²) in [5.74, 6) is -0.993. The Hall–Kier alpha value is -3.00. The van der Waals surface area contributed by atoms with Crippen molar-refractivity contribution in [1.82, 2.24) is 9.88 Å². The zero-order valence-electron chi connectivity index (χ0n) is 13.2. The Kier molecular flexibility index (Phi) is 4.66. The van der Waals surface area contributed by atoms with Crippen molar-refractivity contribution in [2.75, 3.05) is 6.54 Å². The summed E-state index contributed by atoms with van der Waals surface area (Å²) in [6, 6.07) is 14.3. The monoisotopic (exact) mass is 319 g/mol. The van der Waals surface area contributed by atoms with Crippen LogP contribution in [0.5, 0.6) is 0 Å². The zero-order chi connectivity index (χ0) is 16.9. The van der Waals surface area contributed by atoms with E-state index in [0.29, 0.717) is 24.2 Å². The zero-order valence-corrected chi connectivity index (χ0v) is 13.2. The van der Waals surface area contributed by atoms with Crippen molar-refractivity contribution in [2.24, 2.45) is 0 Å². The predicted molar refractivity (Wildman–Crippen MR) is 88.0 cm³/mol. The molecule has 0 N–H and O–H groups in total. The second-order valence-corrected chi connectivity index (χ2v) is 5.80. The maximum atomic E-state index is 12.6. The van der Waals surface area contributed by atoms with E-state index < -0.39 is 5.92 Å². The van der Waals surface area contributed by atoms with Crippen LogP contribution < -0.4 is 0 Å². The molecular weight excluding hydrogens is 302 g/mol. The number of pyridine rings is 1. The molecule has 0 saturated carbocycles. The van der Waals surface area contributed by atoms with Gasteiger partial charge in [0.1, 0.15) is 0 Å². The van der Waals surface area contributed by atoms with E-state index in [0.717, 1.165) is 18.5 Å². The van der Waals surface area contributed by atoms with Gasteiger partial charge in [-0.2, -0.15) is 5.26 Å². The van der Waals surface area contributed by atoms with Gasteiger partial charge in [-0.05, 0) is 24.1 Å². The molecule has 1 aromatic heterocycles. The Morgan fingerprint density at radius 1 is 1.25 bits per heavy atom. The molecule has 0 radical (unpaired) electrons. The van der Waals surface area contributed by atoms with Crippen LogP contribution in [0.4, 0.5) is 0 Å². The van der Waals surface area contributed by atoms with Gasteiger partial charge in [0.15, 0.2) is 11.7 Å². The van der Waals surface area contributed by atoms with E-state index in [9.17, 15) is 14.9 Å². The lowest BCUT2D eigenvalue weighted by Gasteiger charge is -2.15. The largest absolute Gasteiger partial charge is 0.338 e. The molecule has 5 heteroatoms. The lowest BCUT2D eigenvalue weighted by Crippen LogP contribution is -2.23. The average Bonchev–Trinajstić information content (AvgIpc) is 3.02. The minimum absolute atomic E-state index is 0.176.